The van der Waals surface area contributed by atoms with Crippen molar-refractivity contribution in [1.82, 2.24) is 14.5 Å². The Morgan fingerprint density at radius 2 is 1.52 bits per heavy atom. The van der Waals surface area contributed by atoms with Crippen molar-refractivity contribution in [3.05, 3.63) is 89.0 Å². The third-order valence-corrected chi connectivity index (χ3v) is 7.88. The van der Waals surface area contributed by atoms with Crippen LogP contribution >= 0.6 is 0 Å². The van der Waals surface area contributed by atoms with Gasteiger partial charge >= 0.3 is 0 Å². The van der Waals surface area contributed by atoms with Gasteiger partial charge in [-0.2, -0.15) is 0 Å². The average Bonchev–Trinajstić information content (AvgIpc) is 3.06. The number of nitrogens with two attached hydrogens (primary N) is 1. The summed E-state index contributed by atoms with van der Waals surface area (Å²) in [7, 11) is -3.93. The lowest BCUT2D eigenvalue weighted by Gasteiger charge is -2.09. The van der Waals surface area contributed by atoms with Crippen molar-refractivity contribution in [2.45, 2.75) is 37.1 Å². The highest BCUT2D eigenvalue weighted by Gasteiger charge is 2.30. The number of anilines is 1. The molecule has 0 bridgehead atoms. The number of nitrogens with zero attached hydrogens (tertiary/aromatic N) is 3. The second kappa shape index (κ2) is 7.71. The van der Waals surface area contributed by atoms with Crippen LogP contribution in [0.25, 0.3) is 22.2 Å². The summed E-state index contributed by atoms with van der Waals surface area (Å²) in [4.78, 5) is 9.67. The van der Waals surface area contributed by atoms with E-state index in [0.717, 1.165) is 22.3 Å². The van der Waals surface area contributed by atoms with Crippen LogP contribution in [0.5, 0.6) is 0 Å². The van der Waals surface area contributed by atoms with E-state index in [-0.39, 0.29) is 21.1 Å². The number of hydrogen-bond donors (Lipinski definition) is 1. The van der Waals surface area contributed by atoms with E-state index >= 15 is 0 Å². The molecule has 2 heterocycles. The van der Waals surface area contributed by atoms with Crippen LogP contribution in [-0.4, -0.2) is 23.0 Å². The Bertz CT molecular complexity index is 1640. The minimum atomic E-state index is -3.93. The van der Waals surface area contributed by atoms with Crippen LogP contribution in [-0.2, 0) is 16.4 Å². The number of para-hydroxylation sites is 2. The Balaban J connectivity index is 1.80. The number of aryl methyl sites for hydroxylation is 3. The minimum absolute atomic E-state index is 0.00566. The van der Waals surface area contributed by atoms with Crippen LogP contribution in [0, 0.1) is 20.8 Å². The first-order chi connectivity index (χ1) is 15.8. The second-order valence-corrected chi connectivity index (χ2v) is 10.3. The van der Waals surface area contributed by atoms with Crippen LogP contribution in [0.15, 0.2) is 76.5 Å². The van der Waals surface area contributed by atoms with Crippen molar-refractivity contribution >= 4 is 37.9 Å². The molecule has 6 nitrogen and oxygen atoms in total. The fourth-order valence-electron chi connectivity index (χ4n) is 3.99. The Morgan fingerprint density at radius 1 is 0.848 bits per heavy atom. The summed E-state index contributed by atoms with van der Waals surface area (Å²) >= 11 is 0. The zero-order chi connectivity index (χ0) is 23.3. The lowest BCUT2D eigenvalue weighted by molar-refractivity contribution is 0.596. The molecule has 0 aliphatic carbocycles. The molecule has 0 amide bonds. The number of benzene rings is 3. The molecule has 166 valence electrons. The maximum Gasteiger partial charge on any atom is 0.212 e. The maximum atomic E-state index is 13.8. The summed E-state index contributed by atoms with van der Waals surface area (Å²) < 4.78 is 29.4. The molecular weight excluding hydrogens is 432 g/mol. The number of rotatable bonds is 4. The predicted molar refractivity (Wildman–Crippen MR) is 131 cm³/mol. The van der Waals surface area contributed by atoms with Gasteiger partial charge in [0.1, 0.15) is 16.2 Å². The van der Waals surface area contributed by atoms with E-state index in [1.807, 2.05) is 75.4 Å². The highest BCUT2D eigenvalue weighted by Crippen LogP contribution is 2.36. The molecule has 0 radical (unpaired) electrons. The fraction of sp³-hybridized carbons (Fsp3) is 0.154. The van der Waals surface area contributed by atoms with Crippen LogP contribution in [0.1, 0.15) is 22.3 Å². The normalized spacial score (nSPS) is 12.0. The molecule has 2 N–H and O–H groups in total. The van der Waals surface area contributed by atoms with Gasteiger partial charge in [0, 0.05) is 0 Å². The zero-order valence-corrected chi connectivity index (χ0v) is 19.5. The largest absolute Gasteiger partial charge is 0.384 e. The molecular formula is C26H24N4O2S. The van der Waals surface area contributed by atoms with Gasteiger partial charge in [0.25, 0.3) is 0 Å². The Morgan fingerprint density at radius 3 is 2.18 bits per heavy atom. The van der Waals surface area contributed by atoms with Crippen molar-refractivity contribution in [2.24, 2.45) is 0 Å². The Kier molecular flexibility index (Phi) is 4.94. The molecule has 0 aliphatic heterocycles. The maximum absolute atomic E-state index is 13.8. The fourth-order valence-corrected chi connectivity index (χ4v) is 5.58. The lowest BCUT2D eigenvalue weighted by atomic mass is 10.1. The quantitative estimate of drug-likeness (QED) is 0.412. The zero-order valence-electron chi connectivity index (χ0n) is 18.7. The van der Waals surface area contributed by atoms with E-state index in [1.165, 1.54) is 0 Å². The third-order valence-electron chi connectivity index (χ3n) is 6.07. The van der Waals surface area contributed by atoms with Gasteiger partial charge in [-0.3, -0.25) is 0 Å². The van der Waals surface area contributed by atoms with Crippen molar-refractivity contribution in [1.29, 1.82) is 0 Å². The van der Waals surface area contributed by atoms with Gasteiger partial charge in [0.15, 0.2) is 5.65 Å². The number of nitrogen functional groups attached to an aromatic ring is 1. The molecule has 0 spiro atoms. The summed E-state index contributed by atoms with van der Waals surface area (Å²) in [5.74, 6) is 0.138. The molecule has 0 fully saturated rings. The molecule has 0 saturated carbocycles. The SMILES string of the molecule is Cc1ccc(Cn2c(N)c(S(=O)(=O)c3ccc(C)c(C)c3)c3nc4ccccc4nc32)cc1. The number of sulfone groups is 1. The number of fused-ring (bicyclic) bond motifs is 2. The molecule has 5 rings (SSSR count). The second-order valence-electron chi connectivity index (χ2n) is 8.42. The smallest absolute Gasteiger partial charge is 0.212 e. The van der Waals surface area contributed by atoms with Crippen LogP contribution in [0.4, 0.5) is 5.82 Å². The van der Waals surface area contributed by atoms with Gasteiger partial charge in [0.05, 0.1) is 22.5 Å². The van der Waals surface area contributed by atoms with Gasteiger partial charge in [-0.1, -0.05) is 48.0 Å². The average molecular weight is 457 g/mol. The van der Waals surface area contributed by atoms with Crippen LogP contribution < -0.4 is 5.73 Å². The molecule has 33 heavy (non-hydrogen) atoms. The number of aromatic nitrogens is 3. The van der Waals surface area contributed by atoms with Crippen LogP contribution in [0.3, 0.4) is 0 Å². The molecule has 7 heteroatoms. The summed E-state index contributed by atoms with van der Waals surface area (Å²) in [5.41, 5.74) is 12.7. The molecule has 0 unspecified atom stereocenters. The van der Waals surface area contributed by atoms with E-state index in [0.29, 0.717) is 23.2 Å². The standard InChI is InChI=1S/C26H24N4O2S/c1-16-8-11-19(12-9-16)15-30-25(27)24(33(31,32)20-13-10-17(2)18(3)14-20)23-26(30)29-22-7-5-4-6-21(22)28-23/h4-14H,15,27H2,1-3H3. The van der Waals surface area contributed by atoms with E-state index in [2.05, 4.69) is 0 Å². The predicted octanol–water partition coefficient (Wildman–Crippen LogP) is 4.97. The topological polar surface area (TPSA) is 90.9 Å². The van der Waals surface area contributed by atoms with E-state index in [1.54, 1.807) is 16.7 Å². The molecule has 3 aromatic carbocycles. The highest BCUT2D eigenvalue weighted by molar-refractivity contribution is 7.92. The van der Waals surface area contributed by atoms with Crippen LogP contribution in [0.2, 0.25) is 0 Å². The van der Waals surface area contributed by atoms with Gasteiger partial charge in [-0.05, 0) is 61.7 Å². The van der Waals surface area contributed by atoms with E-state index < -0.39 is 9.84 Å². The van der Waals surface area contributed by atoms with Crippen molar-refractivity contribution in [3.8, 4) is 0 Å². The van der Waals surface area contributed by atoms with Gasteiger partial charge in [-0.15, -0.1) is 0 Å². The summed E-state index contributed by atoms with van der Waals surface area (Å²) in [6, 6.07) is 20.6. The summed E-state index contributed by atoms with van der Waals surface area (Å²) in [6.07, 6.45) is 0. The first-order valence-electron chi connectivity index (χ1n) is 10.7. The molecule has 2 aromatic heterocycles. The number of hydrogen-bond acceptors (Lipinski definition) is 5. The van der Waals surface area contributed by atoms with Crippen molar-refractivity contribution in [2.75, 3.05) is 5.73 Å². The first-order valence-corrected chi connectivity index (χ1v) is 12.2. The molecule has 0 aliphatic rings. The minimum Gasteiger partial charge on any atom is -0.384 e. The Labute approximate surface area is 192 Å². The lowest BCUT2D eigenvalue weighted by Crippen LogP contribution is -2.09. The van der Waals surface area contributed by atoms with Gasteiger partial charge < -0.3 is 10.3 Å². The Hall–Kier alpha value is -3.71. The van der Waals surface area contributed by atoms with Crippen molar-refractivity contribution in [3.63, 3.8) is 0 Å². The van der Waals surface area contributed by atoms with Gasteiger partial charge in [0.2, 0.25) is 9.84 Å². The summed E-state index contributed by atoms with van der Waals surface area (Å²) in [6.45, 7) is 6.25. The van der Waals surface area contributed by atoms with E-state index in [9.17, 15) is 8.42 Å². The van der Waals surface area contributed by atoms with Gasteiger partial charge in [-0.25, -0.2) is 18.4 Å². The third kappa shape index (κ3) is 3.54. The molecule has 0 saturated heterocycles. The highest BCUT2D eigenvalue weighted by atomic mass is 32.2. The van der Waals surface area contributed by atoms with E-state index in [4.69, 9.17) is 15.7 Å². The monoisotopic (exact) mass is 456 g/mol. The summed E-state index contributed by atoms with van der Waals surface area (Å²) in [5, 5.41) is 0. The first kappa shape index (κ1) is 21.2. The van der Waals surface area contributed by atoms with Crippen molar-refractivity contribution < 1.29 is 8.42 Å². The molecule has 5 aromatic rings. The molecule has 0 atom stereocenters.